The Labute approximate surface area is 160 Å². The zero-order valence-corrected chi connectivity index (χ0v) is 14.9. The molecule has 0 aliphatic heterocycles. The van der Waals surface area contributed by atoms with Crippen LogP contribution < -0.4 is 10.1 Å². The summed E-state index contributed by atoms with van der Waals surface area (Å²) in [6, 6.07) is 13.4. The molecule has 0 unspecified atom stereocenters. The van der Waals surface area contributed by atoms with E-state index in [0.29, 0.717) is 16.9 Å². The number of benzene rings is 2. The van der Waals surface area contributed by atoms with Crippen LogP contribution in [-0.4, -0.2) is 15.8 Å². The van der Waals surface area contributed by atoms with E-state index in [1.807, 2.05) is 0 Å². The van der Waals surface area contributed by atoms with E-state index in [9.17, 15) is 19.3 Å². The topological polar surface area (TPSA) is 94.4 Å². The summed E-state index contributed by atoms with van der Waals surface area (Å²) in [6.07, 6.45) is 1.52. The van der Waals surface area contributed by atoms with Crippen LogP contribution in [0, 0.1) is 22.9 Å². The van der Waals surface area contributed by atoms with Crippen LogP contribution in [0.15, 0.2) is 60.8 Å². The number of hydrogen-bond donors (Lipinski definition) is 1. The van der Waals surface area contributed by atoms with Crippen molar-refractivity contribution in [3.05, 3.63) is 93.4 Å². The molecule has 1 heterocycles. The van der Waals surface area contributed by atoms with E-state index in [1.165, 1.54) is 49.5 Å². The Morgan fingerprint density at radius 1 is 1.21 bits per heavy atom. The average molecular weight is 381 g/mol. The van der Waals surface area contributed by atoms with Gasteiger partial charge >= 0.3 is 0 Å². The number of hydrogen-bond acceptors (Lipinski definition) is 5. The van der Waals surface area contributed by atoms with Crippen molar-refractivity contribution in [1.82, 2.24) is 10.3 Å². The number of amides is 1. The Morgan fingerprint density at radius 3 is 2.68 bits per heavy atom. The van der Waals surface area contributed by atoms with Gasteiger partial charge in [0.25, 0.3) is 11.6 Å². The second-order valence-electron chi connectivity index (χ2n) is 5.95. The van der Waals surface area contributed by atoms with Gasteiger partial charge in [-0.05, 0) is 30.7 Å². The Balaban J connectivity index is 1.63. The normalized spacial score (nSPS) is 10.4. The fourth-order valence-corrected chi connectivity index (χ4v) is 2.57. The van der Waals surface area contributed by atoms with Crippen molar-refractivity contribution in [3.8, 4) is 11.6 Å². The third-order valence-electron chi connectivity index (χ3n) is 4.02. The largest absolute Gasteiger partial charge is 0.439 e. The van der Waals surface area contributed by atoms with E-state index in [2.05, 4.69) is 10.3 Å². The quantitative estimate of drug-likeness (QED) is 0.511. The van der Waals surface area contributed by atoms with Crippen LogP contribution in [0.2, 0.25) is 0 Å². The predicted octanol–water partition coefficient (Wildman–Crippen LogP) is 4.16. The lowest BCUT2D eigenvalue weighted by molar-refractivity contribution is -0.385. The van der Waals surface area contributed by atoms with Gasteiger partial charge < -0.3 is 10.1 Å². The molecular formula is C20H16FN3O4. The van der Waals surface area contributed by atoms with Gasteiger partial charge in [-0.1, -0.05) is 18.2 Å². The molecule has 8 heteroatoms. The molecule has 0 saturated carbocycles. The maximum atomic E-state index is 13.2. The number of nitro groups is 1. The van der Waals surface area contributed by atoms with Crippen LogP contribution in [0.4, 0.5) is 10.1 Å². The number of halogens is 1. The molecule has 3 rings (SSSR count). The highest BCUT2D eigenvalue weighted by molar-refractivity contribution is 5.96. The molecule has 0 radical (unpaired) electrons. The van der Waals surface area contributed by atoms with Crippen molar-refractivity contribution >= 4 is 11.6 Å². The smallest absolute Gasteiger partial charge is 0.273 e. The van der Waals surface area contributed by atoms with Gasteiger partial charge in [0.1, 0.15) is 11.6 Å². The predicted molar refractivity (Wildman–Crippen MR) is 99.7 cm³/mol. The fourth-order valence-electron chi connectivity index (χ4n) is 2.57. The standard InChI is InChI=1S/C20H16FN3O4/c1-13-17(6-3-7-18(13)24(26)27)20(25)23-12-14-8-9-19(22-11-14)28-16-5-2-4-15(21)10-16/h2-11H,12H2,1H3,(H,23,25). The highest BCUT2D eigenvalue weighted by Gasteiger charge is 2.17. The average Bonchev–Trinajstić information content (AvgIpc) is 2.67. The van der Waals surface area contributed by atoms with Gasteiger partial charge in [0.05, 0.1) is 4.92 Å². The summed E-state index contributed by atoms with van der Waals surface area (Å²) in [7, 11) is 0. The fraction of sp³-hybridized carbons (Fsp3) is 0.100. The third-order valence-corrected chi connectivity index (χ3v) is 4.02. The number of ether oxygens (including phenoxy) is 1. The van der Waals surface area contributed by atoms with Gasteiger partial charge in [0.15, 0.2) is 0 Å². The van der Waals surface area contributed by atoms with E-state index in [1.54, 1.807) is 18.2 Å². The Bertz CT molecular complexity index is 1020. The first kappa shape index (κ1) is 19.0. The van der Waals surface area contributed by atoms with E-state index in [4.69, 9.17) is 4.74 Å². The lowest BCUT2D eigenvalue weighted by atomic mass is 10.1. The minimum Gasteiger partial charge on any atom is -0.439 e. The Hall–Kier alpha value is -3.81. The SMILES string of the molecule is Cc1c(C(=O)NCc2ccc(Oc3cccc(F)c3)nc2)cccc1[N+](=O)[O-]. The van der Waals surface area contributed by atoms with Crippen LogP contribution in [0.3, 0.4) is 0 Å². The second-order valence-corrected chi connectivity index (χ2v) is 5.95. The van der Waals surface area contributed by atoms with Crippen molar-refractivity contribution in [2.75, 3.05) is 0 Å². The molecule has 7 nitrogen and oxygen atoms in total. The Kier molecular flexibility index (Phi) is 5.59. The number of carbonyl (C=O) groups is 1. The van der Waals surface area contributed by atoms with E-state index >= 15 is 0 Å². The van der Waals surface area contributed by atoms with Gasteiger partial charge in [-0.3, -0.25) is 14.9 Å². The van der Waals surface area contributed by atoms with Gasteiger partial charge in [0, 0.05) is 42.1 Å². The van der Waals surface area contributed by atoms with Crippen molar-refractivity contribution in [2.24, 2.45) is 0 Å². The maximum Gasteiger partial charge on any atom is 0.273 e. The van der Waals surface area contributed by atoms with Crippen molar-refractivity contribution in [2.45, 2.75) is 13.5 Å². The highest BCUT2D eigenvalue weighted by Crippen LogP contribution is 2.22. The molecule has 28 heavy (non-hydrogen) atoms. The molecule has 0 spiro atoms. The highest BCUT2D eigenvalue weighted by atomic mass is 19.1. The zero-order valence-electron chi connectivity index (χ0n) is 14.9. The lowest BCUT2D eigenvalue weighted by Crippen LogP contribution is -2.23. The number of nitrogens with zero attached hydrogens (tertiary/aromatic N) is 2. The van der Waals surface area contributed by atoms with Gasteiger partial charge in [-0.2, -0.15) is 0 Å². The van der Waals surface area contributed by atoms with Crippen LogP contribution in [-0.2, 0) is 6.54 Å². The minimum absolute atomic E-state index is 0.104. The number of pyridine rings is 1. The molecule has 0 saturated heterocycles. The van der Waals surface area contributed by atoms with E-state index in [0.717, 1.165) is 0 Å². The van der Waals surface area contributed by atoms with Crippen LogP contribution in [0.25, 0.3) is 0 Å². The maximum absolute atomic E-state index is 13.2. The molecule has 0 aliphatic rings. The first-order chi connectivity index (χ1) is 13.4. The molecule has 0 bridgehead atoms. The third kappa shape index (κ3) is 4.47. The summed E-state index contributed by atoms with van der Waals surface area (Å²) in [5.74, 6) is -0.209. The molecule has 1 N–H and O–H groups in total. The van der Waals surface area contributed by atoms with Crippen molar-refractivity contribution in [3.63, 3.8) is 0 Å². The summed E-state index contributed by atoms with van der Waals surface area (Å²) in [4.78, 5) is 26.9. The van der Waals surface area contributed by atoms with E-state index in [-0.39, 0.29) is 23.7 Å². The lowest BCUT2D eigenvalue weighted by Gasteiger charge is -2.09. The van der Waals surface area contributed by atoms with Crippen molar-refractivity contribution < 1.29 is 18.8 Å². The van der Waals surface area contributed by atoms with Crippen molar-refractivity contribution in [1.29, 1.82) is 0 Å². The number of carbonyl (C=O) groups excluding carboxylic acids is 1. The summed E-state index contributed by atoms with van der Waals surface area (Å²) in [5.41, 5.74) is 1.16. The summed E-state index contributed by atoms with van der Waals surface area (Å²) < 4.78 is 18.6. The van der Waals surface area contributed by atoms with Crippen LogP contribution in [0.1, 0.15) is 21.5 Å². The van der Waals surface area contributed by atoms with Gasteiger partial charge in [-0.25, -0.2) is 9.37 Å². The molecule has 0 fully saturated rings. The number of nitrogens with one attached hydrogen (secondary N) is 1. The molecular weight excluding hydrogens is 365 g/mol. The van der Waals surface area contributed by atoms with Crippen LogP contribution >= 0.6 is 0 Å². The minimum atomic E-state index is -0.520. The molecule has 0 aliphatic carbocycles. The molecule has 0 atom stereocenters. The molecule has 1 aromatic heterocycles. The first-order valence-corrected chi connectivity index (χ1v) is 8.34. The molecule has 1 amide bonds. The number of rotatable bonds is 6. The number of nitro benzene ring substituents is 1. The number of aromatic nitrogens is 1. The summed E-state index contributed by atoms with van der Waals surface area (Å²) in [6.45, 7) is 1.72. The monoisotopic (exact) mass is 381 g/mol. The van der Waals surface area contributed by atoms with Gasteiger partial charge in [0.2, 0.25) is 5.88 Å². The van der Waals surface area contributed by atoms with E-state index < -0.39 is 16.6 Å². The zero-order chi connectivity index (χ0) is 20.1. The molecule has 142 valence electrons. The summed E-state index contributed by atoms with van der Waals surface area (Å²) >= 11 is 0. The first-order valence-electron chi connectivity index (χ1n) is 8.34. The van der Waals surface area contributed by atoms with Gasteiger partial charge in [-0.15, -0.1) is 0 Å². The molecule has 2 aromatic carbocycles. The Morgan fingerprint density at radius 2 is 2.00 bits per heavy atom. The molecule has 3 aromatic rings. The summed E-state index contributed by atoms with van der Waals surface area (Å²) in [5, 5.41) is 13.7. The van der Waals surface area contributed by atoms with Crippen LogP contribution in [0.5, 0.6) is 11.6 Å². The second kappa shape index (κ2) is 8.26.